The summed E-state index contributed by atoms with van der Waals surface area (Å²) in [6.07, 6.45) is 0. The highest BCUT2D eigenvalue weighted by Crippen LogP contribution is 2.26. The fourth-order valence-corrected chi connectivity index (χ4v) is 2.37. The van der Waals surface area contributed by atoms with Crippen molar-refractivity contribution in [3.63, 3.8) is 0 Å². The number of likely N-dealkylation sites (N-methyl/N-ethyl adjacent to an activating group) is 1. The molecule has 27 heavy (non-hydrogen) atoms. The fraction of sp³-hybridized carbons (Fsp3) is 0.125. The third-order valence-electron chi connectivity index (χ3n) is 3.47. The molecule has 1 atom stereocenters. The van der Waals surface area contributed by atoms with Crippen LogP contribution in [0.4, 0.5) is 25.0 Å². The van der Waals surface area contributed by atoms with Crippen LogP contribution < -0.4 is 16.0 Å². The van der Waals surface area contributed by atoms with E-state index in [0.29, 0.717) is 0 Å². The molecule has 3 amide bonds. The van der Waals surface area contributed by atoms with Gasteiger partial charge in [-0.05, 0) is 23.8 Å². The molecule has 0 heterocycles. The second kappa shape index (κ2) is 8.41. The zero-order valence-electron chi connectivity index (χ0n) is 13.8. The first-order chi connectivity index (χ1) is 12.7. The number of carbonyl (C=O) groups is 2. The summed E-state index contributed by atoms with van der Waals surface area (Å²) in [7, 11) is 1.31. The Morgan fingerprint density at radius 1 is 1.15 bits per heavy atom. The van der Waals surface area contributed by atoms with Crippen molar-refractivity contribution in [2.45, 2.75) is 6.04 Å². The highest BCUT2D eigenvalue weighted by atomic mass is 35.5. The molecule has 2 aromatic rings. The molecule has 142 valence electrons. The lowest BCUT2D eigenvalue weighted by atomic mass is 10.1. The van der Waals surface area contributed by atoms with E-state index in [0.717, 1.165) is 30.3 Å². The first-order valence-electron chi connectivity index (χ1n) is 7.41. The van der Waals surface area contributed by atoms with Crippen molar-refractivity contribution in [3.05, 3.63) is 68.7 Å². The second-order valence-electron chi connectivity index (χ2n) is 5.24. The number of benzene rings is 2. The molecule has 0 radical (unpaired) electrons. The van der Waals surface area contributed by atoms with Gasteiger partial charge in [0, 0.05) is 19.2 Å². The molecule has 0 aliphatic heterocycles. The van der Waals surface area contributed by atoms with E-state index in [1.807, 2.05) is 0 Å². The maximum atomic E-state index is 13.4. The van der Waals surface area contributed by atoms with E-state index >= 15 is 0 Å². The molecular formula is C16H13ClF2N4O4. The largest absolute Gasteiger partial charge is 0.357 e. The zero-order chi connectivity index (χ0) is 20.1. The highest BCUT2D eigenvalue weighted by Gasteiger charge is 2.23. The summed E-state index contributed by atoms with van der Waals surface area (Å²) < 4.78 is 26.5. The van der Waals surface area contributed by atoms with E-state index in [1.54, 1.807) is 0 Å². The third-order valence-corrected chi connectivity index (χ3v) is 3.79. The van der Waals surface area contributed by atoms with Crippen molar-refractivity contribution >= 4 is 34.9 Å². The summed E-state index contributed by atoms with van der Waals surface area (Å²) in [4.78, 5) is 34.2. The number of rotatable bonds is 5. The van der Waals surface area contributed by atoms with Crippen LogP contribution in [0.15, 0.2) is 36.4 Å². The molecule has 0 aliphatic carbocycles. The summed E-state index contributed by atoms with van der Waals surface area (Å²) in [6.45, 7) is 0. The molecule has 0 fully saturated rings. The molecule has 2 rings (SSSR count). The van der Waals surface area contributed by atoms with Gasteiger partial charge in [-0.15, -0.1) is 0 Å². The van der Waals surface area contributed by atoms with E-state index in [1.165, 1.54) is 13.1 Å². The van der Waals surface area contributed by atoms with Crippen molar-refractivity contribution in [2.24, 2.45) is 0 Å². The van der Waals surface area contributed by atoms with Crippen molar-refractivity contribution < 1.29 is 23.3 Å². The van der Waals surface area contributed by atoms with Gasteiger partial charge in [0.2, 0.25) is 5.91 Å². The Hall–Kier alpha value is -3.27. The average Bonchev–Trinajstić information content (AvgIpc) is 2.63. The topological polar surface area (TPSA) is 113 Å². The van der Waals surface area contributed by atoms with Crippen molar-refractivity contribution in [1.82, 2.24) is 10.6 Å². The summed E-state index contributed by atoms with van der Waals surface area (Å²) >= 11 is 5.88. The van der Waals surface area contributed by atoms with Gasteiger partial charge in [-0.3, -0.25) is 14.9 Å². The van der Waals surface area contributed by atoms with Crippen LogP contribution in [-0.4, -0.2) is 23.9 Å². The Morgan fingerprint density at radius 3 is 2.41 bits per heavy atom. The van der Waals surface area contributed by atoms with Gasteiger partial charge in [-0.1, -0.05) is 17.7 Å². The highest BCUT2D eigenvalue weighted by molar-refractivity contribution is 6.33. The number of nitro benzene ring substituents is 1. The van der Waals surface area contributed by atoms with Gasteiger partial charge in [-0.25, -0.2) is 13.6 Å². The Bertz CT molecular complexity index is 910. The Kier molecular flexibility index (Phi) is 6.24. The van der Waals surface area contributed by atoms with Crippen LogP contribution in [0.3, 0.4) is 0 Å². The number of carbonyl (C=O) groups excluding carboxylic acids is 2. The van der Waals surface area contributed by atoms with Crippen LogP contribution in [0.1, 0.15) is 11.6 Å². The van der Waals surface area contributed by atoms with E-state index in [2.05, 4.69) is 16.0 Å². The third kappa shape index (κ3) is 4.88. The smallest absolute Gasteiger partial charge is 0.320 e. The van der Waals surface area contributed by atoms with Crippen molar-refractivity contribution in [3.8, 4) is 0 Å². The molecule has 0 aliphatic rings. The molecule has 3 N–H and O–H groups in total. The molecular weight excluding hydrogens is 386 g/mol. The predicted molar refractivity (Wildman–Crippen MR) is 93.4 cm³/mol. The number of non-ortho nitro benzene ring substituents is 1. The Balaban J connectivity index is 2.20. The molecule has 11 heteroatoms. The summed E-state index contributed by atoms with van der Waals surface area (Å²) in [5.41, 5.74) is -0.199. The van der Waals surface area contributed by atoms with E-state index in [-0.39, 0.29) is 22.0 Å². The number of urea groups is 1. The first kappa shape index (κ1) is 20.0. The minimum Gasteiger partial charge on any atom is -0.357 e. The van der Waals surface area contributed by atoms with E-state index in [4.69, 9.17) is 11.6 Å². The SMILES string of the molecule is CNC(=O)C(NC(=O)Nc1ccc([N+](=O)[O-])cc1Cl)c1ccc(F)c(F)c1. The summed E-state index contributed by atoms with van der Waals surface area (Å²) in [5, 5.41) is 17.5. The Morgan fingerprint density at radius 2 is 1.85 bits per heavy atom. The molecule has 2 aromatic carbocycles. The van der Waals surface area contributed by atoms with Crippen LogP contribution in [0, 0.1) is 21.7 Å². The number of nitrogens with one attached hydrogen (secondary N) is 3. The summed E-state index contributed by atoms with van der Waals surface area (Å²) in [5.74, 6) is -2.95. The molecule has 0 bridgehead atoms. The number of nitrogens with zero attached hydrogens (tertiary/aromatic N) is 1. The van der Waals surface area contributed by atoms with Crippen LogP contribution in [0.2, 0.25) is 5.02 Å². The van der Waals surface area contributed by atoms with Gasteiger partial charge >= 0.3 is 6.03 Å². The molecule has 0 saturated heterocycles. The summed E-state index contributed by atoms with van der Waals surface area (Å²) in [6, 6.07) is 3.95. The number of amides is 3. The van der Waals surface area contributed by atoms with E-state index < -0.39 is 34.5 Å². The lowest BCUT2D eigenvalue weighted by molar-refractivity contribution is -0.384. The van der Waals surface area contributed by atoms with Crippen LogP contribution in [0.5, 0.6) is 0 Å². The number of nitro groups is 1. The van der Waals surface area contributed by atoms with Crippen LogP contribution in [-0.2, 0) is 4.79 Å². The predicted octanol–water partition coefficient (Wildman–Crippen LogP) is 3.14. The lowest BCUT2D eigenvalue weighted by Crippen LogP contribution is -2.41. The minimum absolute atomic E-state index is 0.0122. The molecule has 8 nitrogen and oxygen atoms in total. The van der Waals surface area contributed by atoms with Gasteiger partial charge in [0.15, 0.2) is 11.6 Å². The lowest BCUT2D eigenvalue weighted by Gasteiger charge is -2.18. The van der Waals surface area contributed by atoms with Crippen molar-refractivity contribution in [1.29, 1.82) is 0 Å². The number of anilines is 1. The minimum atomic E-state index is -1.32. The van der Waals surface area contributed by atoms with Gasteiger partial charge in [0.05, 0.1) is 15.6 Å². The van der Waals surface area contributed by atoms with E-state index in [9.17, 15) is 28.5 Å². The molecule has 1 unspecified atom stereocenters. The monoisotopic (exact) mass is 398 g/mol. The zero-order valence-corrected chi connectivity index (χ0v) is 14.5. The first-order valence-corrected chi connectivity index (χ1v) is 7.78. The second-order valence-corrected chi connectivity index (χ2v) is 5.65. The number of halogens is 3. The molecule has 0 aromatic heterocycles. The maximum absolute atomic E-state index is 13.4. The van der Waals surface area contributed by atoms with Gasteiger partial charge in [-0.2, -0.15) is 0 Å². The molecule has 0 saturated carbocycles. The maximum Gasteiger partial charge on any atom is 0.320 e. The fourth-order valence-electron chi connectivity index (χ4n) is 2.14. The average molecular weight is 399 g/mol. The van der Waals surface area contributed by atoms with Crippen LogP contribution in [0.25, 0.3) is 0 Å². The normalized spacial score (nSPS) is 11.4. The standard InChI is InChI=1S/C16H13ClF2N4O4/c1-20-15(24)14(8-2-4-11(18)12(19)6-8)22-16(25)21-13-5-3-9(23(26)27)7-10(13)17/h2-7,14H,1H3,(H,20,24)(H2,21,22,25). The van der Waals surface area contributed by atoms with Gasteiger partial charge in [0.1, 0.15) is 6.04 Å². The van der Waals surface area contributed by atoms with Crippen LogP contribution >= 0.6 is 11.6 Å². The quantitative estimate of drug-likeness (QED) is 0.530. The number of hydrogen-bond acceptors (Lipinski definition) is 4. The number of hydrogen-bond donors (Lipinski definition) is 3. The Labute approximate surface area is 156 Å². The van der Waals surface area contributed by atoms with Gasteiger partial charge < -0.3 is 16.0 Å². The van der Waals surface area contributed by atoms with Crippen molar-refractivity contribution in [2.75, 3.05) is 12.4 Å². The molecule has 0 spiro atoms. The van der Waals surface area contributed by atoms with Gasteiger partial charge in [0.25, 0.3) is 5.69 Å².